The van der Waals surface area contributed by atoms with E-state index in [-0.39, 0.29) is 23.3 Å². The lowest BCUT2D eigenvalue weighted by atomic mass is 9.98. The molecule has 2 aromatic rings. The molecule has 4 rings (SSSR count). The van der Waals surface area contributed by atoms with Gasteiger partial charge in [0.05, 0.1) is 24.0 Å². The van der Waals surface area contributed by atoms with Crippen molar-refractivity contribution in [2.75, 3.05) is 39.4 Å². The summed E-state index contributed by atoms with van der Waals surface area (Å²) < 4.78 is 33.0. The normalized spacial score (nSPS) is 20.5. The van der Waals surface area contributed by atoms with Gasteiger partial charge in [-0.2, -0.15) is 4.31 Å². The fourth-order valence-corrected chi connectivity index (χ4v) is 5.97. The van der Waals surface area contributed by atoms with Gasteiger partial charge in [-0.05, 0) is 43.0 Å². The molecular weight excluding hydrogens is 438 g/mol. The molecule has 2 fully saturated rings. The molecule has 1 amide bonds. The Bertz CT molecular complexity index is 1050. The van der Waals surface area contributed by atoms with Crippen LogP contribution in [0.4, 0.5) is 0 Å². The second kappa shape index (κ2) is 10.8. The number of carbonyl (C=O) groups excluding carboxylic acids is 1. The molecule has 0 unspecified atom stereocenters. The number of hydrogen-bond acceptors (Lipinski definition) is 5. The summed E-state index contributed by atoms with van der Waals surface area (Å²) in [4.78, 5) is 15.6. The molecule has 2 aliphatic heterocycles. The van der Waals surface area contributed by atoms with E-state index in [0.29, 0.717) is 25.9 Å². The van der Waals surface area contributed by atoms with Crippen LogP contribution in [0.1, 0.15) is 29.5 Å². The van der Waals surface area contributed by atoms with Gasteiger partial charge in [0.15, 0.2) is 0 Å². The molecule has 7 nitrogen and oxygen atoms in total. The average molecular weight is 472 g/mol. The smallest absolute Gasteiger partial charge is 0.243 e. The van der Waals surface area contributed by atoms with Crippen LogP contribution >= 0.6 is 0 Å². The van der Waals surface area contributed by atoms with E-state index in [1.807, 2.05) is 25.1 Å². The van der Waals surface area contributed by atoms with Crippen LogP contribution in [0, 0.1) is 12.8 Å². The third-order valence-electron chi connectivity index (χ3n) is 6.48. The predicted octanol–water partition coefficient (Wildman–Crippen LogP) is 2.54. The standard InChI is InChI=1S/C25H33N3O4S/c1-20-8-10-24(11-9-20)33(30,31)28-12-4-7-23(19-28)25(29)26-17-21-5-2-3-6-22(21)18-27-13-15-32-16-14-27/h2-3,5-6,8-11,23H,4,7,12-19H2,1H3,(H,26,29)/t23-/m0/s1. The maximum atomic E-state index is 13.1. The van der Waals surface area contributed by atoms with Gasteiger partial charge >= 0.3 is 0 Å². The van der Waals surface area contributed by atoms with Crippen LogP contribution in [-0.2, 0) is 32.6 Å². The average Bonchev–Trinajstić information content (AvgIpc) is 2.84. The highest BCUT2D eigenvalue weighted by Gasteiger charge is 2.33. The molecule has 2 saturated heterocycles. The Labute approximate surface area is 196 Å². The van der Waals surface area contributed by atoms with Crippen LogP contribution in [0.5, 0.6) is 0 Å². The lowest BCUT2D eigenvalue weighted by Gasteiger charge is -2.31. The molecule has 0 saturated carbocycles. The number of rotatable bonds is 7. The van der Waals surface area contributed by atoms with E-state index in [2.05, 4.69) is 16.3 Å². The van der Waals surface area contributed by atoms with E-state index in [4.69, 9.17) is 4.74 Å². The summed E-state index contributed by atoms with van der Waals surface area (Å²) in [5.41, 5.74) is 3.31. The third kappa shape index (κ3) is 6.00. The third-order valence-corrected chi connectivity index (χ3v) is 8.36. The zero-order valence-corrected chi connectivity index (χ0v) is 20.0. The Morgan fingerprint density at radius 1 is 1.03 bits per heavy atom. The lowest BCUT2D eigenvalue weighted by Crippen LogP contribution is -2.45. The molecule has 2 aromatic carbocycles. The predicted molar refractivity (Wildman–Crippen MR) is 127 cm³/mol. The maximum Gasteiger partial charge on any atom is 0.243 e. The topological polar surface area (TPSA) is 79.0 Å². The number of ether oxygens (including phenoxy) is 1. The molecule has 0 aromatic heterocycles. The van der Waals surface area contributed by atoms with Gasteiger partial charge < -0.3 is 10.1 Å². The summed E-state index contributed by atoms with van der Waals surface area (Å²) in [6.45, 7) is 7.20. The minimum atomic E-state index is -3.60. The van der Waals surface area contributed by atoms with E-state index in [1.165, 1.54) is 9.87 Å². The van der Waals surface area contributed by atoms with E-state index in [0.717, 1.165) is 44.0 Å². The van der Waals surface area contributed by atoms with Crippen molar-refractivity contribution in [1.29, 1.82) is 0 Å². The van der Waals surface area contributed by atoms with Gasteiger partial charge in [-0.1, -0.05) is 42.0 Å². The van der Waals surface area contributed by atoms with Gasteiger partial charge in [-0.15, -0.1) is 0 Å². The number of nitrogens with one attached hydrogen (secondary N) is 1. The molecule has 8 heteroatoms. The van der Waals surface area contributed by atoms with Crippen molar-refractivity contribution in [3.8, 4) is 0 Å². The first-order valence-electron chi connectivity index (χ1n) is 11.6. The highest BCUT2D eigenvalue weighted by molar-refractivity contribution is 7.89. The molecule has 2 heterocycles. The van der Waals surface area contributed by atoms with Crippen molar-refractivity contribution in [2.24, 2.45) is 5.92 Å². The van der Waals surface area contributed by atoms with Gasteiger partial charge in [0, 0.05) is 39.3 Å². The number of morpholine rings is 1. The highest BCUT2D eigenvalue weighted by Crippen LogP contribution is 2.24. The fourth-order valence-electron chi connectivity index (χ4n) is 4.45. The Hall–Kier alpha value is -2.26. The van der Waals surface area contributed by atoms with Crippen LogP contribution in [0.15, 0.2) is 53.4 Å². The lowest BCUT2D eigenvalue weighted by molar-refractivity contribution is -0.126. The summed E-state index contributed by atoms with van der Waals surface area (Å²) >= 11 is 0. The molecule has 2 aliphatic rings. The van der Waals surface area contributed by atoms with E-state index < -0.39 is 10.0 Å². The number of aryl methyl sites for hydroxylation is 1. The molecule has 0 spiro atoms. The Kier molecular flexibility index (Phi) is 7.80. The largest absolute Gasteiger partial charge is 0.379 e. The monoisotopic (exact) mass is 471 g/mol. The number of hydrogen-bond donors (Lipinski definition) is 1. The first kappa shape index (κ1) is 23.9. The Balaban J connectivity index is 1.37. The Morgan fingerprint density at radius 3 is 2.45 bits per heavy atom. The van der Waals surface area contributed by atoms with Crippen LogP contribution in [0.3, 0.4) is 0 Å². The van der Waals surface area contributed by atoms with Crippen molar-refractivity contribution < 1.29 is 17.9 Å². The van der Waals surface area contributed by atoms with Crippen LogP contribution in [0.2, 0.25) is 0 Å². The van der Waals surface area contributed by atoms with E-state index in [1.54, 1.807) is 24.3 Å². The second-order valence-electron chi connectivity index (χ2n) is 8.89. The molecule has 0 bridgehead atoms. The zero-order chi connectivity index (χ0) is 23.3. The minimum Gasteiger partial charge on any atom is -0.379 e. The first-order valence-corrected chi connectivity index (χ1v) is 13.1. The summed E-state index contributed by atoms with van der Waals surface area (Å²) in [6.07, 6.45) is 1.37. The summed E-state index contributed by atoms with van der Waals surface area (Å²) in [5.74, 6) is -0.426. The first-order chi connectivity index (χ1) is 15.9. The quantitative estimate of drug-likeness (QED) is 0.672. The number of sulfonamides is 1. The molecule has 1 N–H and O–H groups in total. The Morgan fingerprint density at radius 2 is 1.73 bits per heavy atom. The summed E-state index contributed by atoms with van der Waals surface area (Å²) in [7, 11) is -3.60. The van der Waals surface area contributed by atoms with Crippen LogP contribution < -0.4 is 5.32 Å². The van der Waals surface area contributed by atoms with Crippen LogP contribution in [-0.4, -0.2) is 62.9 Å². The van der Waals surface area contributed by atoms with Crippen molar-refractivity contribution in [2.45, 2.75) is 37.8 Å². The number of carbonyl (C=O) groups is 1. The van der Waals surface area contributed by atoms with Gasteiger partial charge in [0.25, 0.3) is 0 Å². The molecular formula is C25H33N3O4S. The van der Waals surface area contributed by atoms with Gasteiger partial charge in [-0.25, -0.2) is 8.42 Å². The van der Waals surface area contributed by atoms with E-state index >= 15 is 0 Å². The van der Waals surface area contributed by atoms with Crippen molar-refractivity contribution in [3.63, 3.8) is 0 Å². The summed E-state index contributed by atoms with van der Waals surface area (Å²) in [5, 5.41) is 3.06. The van der Waals surface area contributed by atoms with Gasteiger partial charge in [0.1, 0.15) is 0 Å². The molecule has 178 valence electrons. The fraction of sp³-hybridized carbons (Fsp3) is 0.480. The summed E-state index contributed by atoms with van der Waals surface area (Å²) in [6, 6.07) is 15.0. The number of piperidine rings is 1. The minimum absolute atomic E-state index is 0.0834. The molecule has 1 atom stereocenters. The van der Waals surface area contributed by atoms with E-state index in [9.17, 15) is 13.2 Å². The maximum absolute atomic E-state index is 13.1. The van der Waals surface area contributed by atoms with Gasteiger partial charge in [-0.3, -0.25) is 9.69 Å². The SMILES string of the molecule is Cc1ccc(S(=O)(=O)N2CCC[C@H](C(=O)NCc3ccccc3CN3CCOCC3)C2)cc1. The number of benzene rings is 2. The van der Waals surface area contributed by atoms with Gasteiger partial charge in [0.2, 0.25) is 15.9 Å². The molecule has 0 radical (unpaired) electrons. The van der Waals surface area contributed by atoms with Crippen molar-refractivity contribution in [3.05, 3.63) is 65.2 Å². The van der Waals surface area contributed by atoms with Crippen molar-refractivity contribution in [1.82, 2.24) is 14.5 Å². The van der Waals surface area contributed by atoms with Crippen LogP contribution in [0.25, 0.3) is 0 Å². The van der Waals surface area contributed by atoms with Crippen molar-refractivity contribution >= 4 is 15.9 Å². The molecule has 0 aliphatic carbocycles. The molecule has 33 heavy (non-hydrogen) atoms. The zero-order valence-electron chi connectivity index (χ0n) is 19.2. The second-order valence-corrected chi connectivity index (χ2v) is 10.8. The highest BCUT2D eigenvalue weighted by atomic mass is 32.2. The number of amides is 1. The number of nitrogens with zero attached hydrogens (tertiary/aromatic N) is 2.